The summed E-state index contributed by atoms with van der Waals surface area (Å²) >= 11 is 0. The highest BCUT2D eigenvalue weighted by atomic mass is 16.5. The van der Waals surface area contributed by atoms with E-state index >= 15 is 0 Å². The first-order chi connectivity index (χ1) is 18.6. The van der Waals surface area contributed by atoms with Crippen LogP contribution in [0.5, 0.6) is 11.5 Å². The molecule has 2 aromatic carbocycles. The number of nitrogens with one attached hydrogen (secondary N) is 2. The molecule has 0 aliphatic carbocycles. The molecule has 1 unspecified atom stereocenters. The second-order valence-electron chi connectivity index (χ2n) is 9.05. The van der Waals surface area contributed by atoms with Crippen LogP contribution in [0.4, 0.5) is 16.3 Å². The van der Waals surface area contributed by atoms with Crippen molar-refractivity contribution in [2.24, 2.45) is 7.05 Å². The van der Waals surface area contributed by atoms with E-state index in [2.05, 4.69) is 15.6 Å². The van der Waals surface area contributed by atoms with E-state index in [1.807, 2.05) is 18.2 Å². The molecule has 202 valence electrons. The van der Waals surface area contributed by atoms with E-state index in [9.17, 15) is 19.5 Å². The van der Waals surface area contributed by atoms with Gasteiger partial charge in [-0.15, -0.1) is 0 Å². The van der Waals surface area contributed by atoms with Crippen LogP contribution < -0.4 is 20.9 Å². The number of ether oxygens (including phenoxy) is 1. The molecule has 11 heteroatoms. The standard InChI is InChI=1S/C28H30N6O5/c1-18(35)17-32(3)28(38)31-24-16-23(14-15-29-24)39-22-12-10-20(11-13-22)30-26(36)25-19(2)33(4)34(27(25)37)21-8-6-5-7-9-21/h5-16,18,35H,17H2,1-4H3,(H,30,36)(H,29,31,38). The largest absolute Gasteiger partial charge is 0.457 e. The molecular weight excluding hydrogens is 500 g/mol. The van der Waals surface area contributed by atoms with Crippen LogP contribution in [-0.2, 0) is 7.05 Å². The Kier molecular flexibility index (Phi) is 8.11. The Morgan fingerprint density at radius 3 is 2.41 bits per heavy atom. The molecule has 11 nitrogen and oxygen atoms in total. The molecule has 2 heterocycles. The summed E-state index contributed by atoms with van der Waals surface area (Å²) in [5.74, 6) is 0.714. The number of amides is 3. The highest BCUT2D eigenvalue weighted by Gasteiger charge is 2.22. The maximum absolute atomic E-state index is 13.1. The lowest BCUT2D eigenvalue weighted by Crippen LogP contribution is -2.36. The number of likely N-dealkylation sites (N-methyl/N-ethyl adjacent to an activating group) is 1. The molecular formula is C28H30N6O5. The van der Waals surface area contributed by atoms with Gasteiger partial charge in [0.05, 0.1) is 17.5 Å². The van der Waals surface area contributed by atoms with Gasteiger partial charge in [0.15, 0.2) is 0 Å². The van der Waals surface area contributed by atoms with Gasteiger partial charge in [-0.1, -0.05) is 18.2 Å². The van der Waals surface area contributed by atoms with Crippen LogP contribution in [0, 0.1) is 6.92 Å². The number of carbonyl (C=O) groups is 2. The lowest BCUT2D eigenvalue weighted by molar-refractivity contribution is 0.102. The lowest BCUT2D eigenvalue weighted by atomic mass is 10.2. The first-order valence-corrected chi connectivity index (χ1v) is 12.2. The molecule has 3 amide bonds. The highest BCUT2D eigenvalue weighted by Crippen LogP contribution is 2.25. The van der Waals surface area contributed by atoms with E-state index in [0.717, 1.165) is 0 Å². The van der Waals surface area contributed by atoms with Crippen molar-refractivity contribution in [2.45, 2.75) is 20.0 Å². The summed E-state index contributed by atoms with van der Waals surface area (Å²) in [4.78, 5) is 43.8. The SMILES string of the molecule is Cc1c(C(=O)Nc2ccc(Oc3ccnc(NC(=O)N(C)CC(C)O)c3)cc2)c(=O)n(-c2ccccc2)n1C. The van der Waals surface area contributed by atoms with Gasteiger partial charge in [-0.2, -0.15) is 0 Å². The lowest BCUT2D eigenvalue weighted by Gasteiger charge is -2.19. The third kappa shape index (κ3) is 6.33. The van der Waals surface area contributed by atoms with Crippen LogP contribution >= 0.6 is 0 Å². The van der Waals surface area contributed by atoms with Gasteiger partial charge >= 0.3 is 6.03 Å². The van der Waals surface area contributed by atoms with E-state index in [-0.39, 0.29) is 12.1 Å². The molecule has 0 aliphatic rings. The topological polar surface area (TPSA) is 131 Å². The number of aliphatic hydroxyl groups excluding tert-OH is 1. The van der Waals surface area contributed by atoms with Crippen LogP contribution in [0.2, 0.25) is 0 Å². The number of hydrogen-bond donors (Lipinski definition) is 3. The first kappa shape index (κ1) is 27.1. The molecule has 4 aromatic rings. The normalized spacial score (nSPS) is 11.5. The Labute approximate surface area is 225 Å². The Bertz CT molecular complexity index is 1530. The number of pyridine rings is 1. The number of carbonyl (C=O) groups excluding carboxylic acids is 2. The maximum atomic E-state index is 13.1. The minimum atomic E-state index is -0.652. The second-order valence-corrected chi connectivity index (χ2v) is 9.05. The monoisotopic (exact) mass is 530 g/mol. The van der Waals surface area contributed by atoms with E-state index < -0.39 is 23.6 Å². The van der Waals surface area contributed by atoms with Crippen molar-refractivity contribution < 1.29 is 19.4 Å². The first-order valence-electron chi connectivity index (χ1n) is 12.2. The minimum Gasteiger partial charge on any atom is -0.457 e. The molecule has 0 saturated carbocycles. The summed E-state index contributed by atoms with van der Waals surface area (Å²) in [6.45, 7) is 3.50. The predicted octanol–water partition coefficient (Wildman–Crippen LogP) is 3.77. The molecule has 0 fully saturated rings. The maximum Gasteiger partial charge on any atom is 0.322 e. The average Bonchev–Trinajstić information content (AvgIpc) is 3.13. The number of aliphatic hydroxyl groups is 1. The quantitative estimate of drug-likeness (QED) is 0.318. The van der Waals surface area contributed by atoms with Gasteiger partial charge in [0.1, 0.15) is 22.9 Å². The molecule has 3 N–H and O–H groups in total. The Morgan fingerprint density at radius 2 is 1.74 bits per heavy atom. The number of rotatable bonds is 8. The van der Waals surface area contributed by atoms with E-state index in [0.29, 0.717) is 34.4 Å². The fraction of sp³-hybridized carbons (Fsp3) is 0.214. The number of para-hydroxylation sites is 1. The van der Waals surface area contributed by atoms with Gasteiger partial charge in [0.2, 0.25) is 0 Å². The zero-order chi connectivity index (χ0) is 28.1. The van der Waals surface area contributed by atoms with Crippen LogP contribution in [-0.4, -0.2) is 56.0 Å². The summed E-state index contributed by atoms with van der Waals surface area (Å²) in [5.41, 5.74) is 1.35. The van der Waals surface area contributed by atoms with Gasteiger partial charge in [-0.3, -0.25) is 19.6 Å². The van der Waals surface area contributed by atoms with Crippen molar-refractivity contribution in [3.8, 4) is 17.2 Å². The van der Waals surface area contributed by atoms with Gasteiger partial charge in [-0.05, 0) is 56.3 Å². The van der Waals surface area contributed by atoms with Crippen molar-refractivity contribution in [1.82, 2.24) is 19.2 Å². The minimum absolute atomic E-state index is 0.0622. The summed E-state index contributed by atoms with van der Waals surface area (Å²) in [6, 6.07) is 18.6. The number of benzene rings is 2. The summed E-state index contributed by atoms with van der Waals surface area (Å²) in [6.07, 6.45) is 0.847. The third-order valence-corrected chi connectivity index (χ3v) is 5.98. The molecule has 39 heavy (non-hydrogen) atoms. The molecule has 0 bridgehead atoms. The summed E-state index contributed by atoms with van der Waals surface area (Å²) in [7, 11) is 3.30. The number of nitrogens with zero attached hydrogens (tertiary/aromatic N) is 4. The third-order valence-electron chi connectivity index (χ3n) is 5.98. The van der Waals surface area contributed by atoms with Crippen molar-refractivity contribution in [3.63, 3.8) is 0 Å². The Balaban J connectivity index is 1.43. The van der Waals surface area contributed by atoms with E-state index in [1.54, 1.807) is 81.2 Å². The molecule has 0 saturated heterocycles. The number of urea groups is 1. The van der Waals surface area contributed by atoms with Crippen LogP contribution in [0.15, 0.2) is 77.7 Å². The van der Waals surface area contributed by atoms with Crippen molar-refractivity contribution in [1.29, 1.82) is 0 Å². The fourth-order valence-electron chi connectivity index (χ4n) is 3.99. The second kappa shape index (κ2) is 11.7. The van der Waals surface area contributed by atoms with E-state index in [4.69, 9.17) is 4.74 Å². The summed E-state index contributed by atoms with van der Waals surface area (Å²) in [5, 5.41) is 14.9. The van der Waals surface area contributed by atoms with Gasteiger partial charge < -0.3 is 20.1 Å². The number of anilines is 2. The number of aromatic nitrogens is 3. The van der Waals surface area contributed by atoms with Crippen molar-refractivity contribution in [2.75, 3.05) is 24.2 Å². The Hall–Kier alpha value is -4.90. The zero-order valence-electron chi connectivity index (χ0n) is 22.1. The average molecular weight is 531 g/mol. The van der Waals surface area contributed by atoms with Crippen LogP contribution in [0.3, 0.4) is 0 Å². The number of hydrogen-bond acceptors (Lipinski definition) is 6. The molecule has 1 atom stereocenters. The zero-order valence-corrected chi connectivity index (χ0v) is 22.1. The van der Waals surface area contributed by atoms with Crippen LogP contribution in [0.25, 0.3) is 5.69 Å². The van der Waals surface area contributed by atoms with Crippen molar-refractivity contribution in [3.05, 3.63) is 94.5 Å². The Morgan fingerprint density at radius 1 is 1.05 bits per heavy atom. The molecule has 0 aliphatic heterocycles. The predicted molar refractivity (Wildman–Crippen MR) is 148 cm³/mol. The van der Waals surface area contributed by atoms with Crippen LogP contribution in [0.1, 0.15) is 23.0 Å². The smallest absolute Gasteiger partial charge is 0.322 e. The van der Waals surface area contributed by atoms with E-state index in [1.165, 1.54) is 15.8 Å². The van der Waals surface area contributed by atoms with Gasteiger partial charge in [-0.25, -0.2) is 14.5 Å². The highest BCUT2D eigenvalue weighted by molar-refractivity contribution is 6.05. The fourth-order valence-corrected chi connectivity index (χ4v) is 3.99. The summed E-state index contributed by atoms with van der Waals surface area (Å²) < 4.78 is 8.97. The van der Waals surface area contributed by atoms with Gasteiger partial charge in [0, 0.05) is 38.6 Å². The molecule has 0 radical (unpaired) electrons. The van der Waals surface area contributed by atoms with Gasteiger partial charge in [0.25, 0.3) is 11.5 Å². The van der Waals surface area contributed by atoms with Crippen molar-refractivity contribution >= 4 is 23.4 Å². The molecule has 2 aromatic heterocycles. The molecule has 4 rings (SSSR count). The molecule has 0 spiro atoms.